The van der Waals surface area contributed by atoms with E-state index in [2.05, 4.69) is 88.7 Å². The molecule has 5 aromatic carbocycles. The summed E-state index contributed by atoms with van der Waals surface area (Å²) in [5.74, 6) is 0.591. The molecule has 1 atom stereocenters. The van der Waals surface area contributed by atoms with Crippen LogP contribution in [0.3, 0.4) is 0 Å². The molecule has 40 heavy (non-hydrogen) atoms. The van der Waals surface area contributed by atoms with E-state index in [-0.39, 0.29) is 6.17 Å². The summed E-state index contributed by atoms with van der Waals surface area (Å²) in [6.07, 6.45) is 1.49. The van der Waals surface area contributed by atoms with Crippen molar-refractivity contribution in [3.63, 3.8) is 0 Å². The Labute approximate surface area is 233 Å². The van der Waals surface area contributed by atoms with Gasteiger partial charge in [0.1, 0.15) is 6.17 Å². The second kappa shape index (κ2) is 11.2. The van der Waals surface area contributed by atoms with Gasteiger partial charge in [0.15, 0.2) is 5.84 Å². The van der Waals surface area contributed by atoms with Gasteiger partial charge in [-0.3, -0.25) is 5.32 Å². The van der Waals surface area contributed by atoms with Gasteiger partial charge in [0.2, 0.25) is 0 Å². The summed E-state index contributed by atoms with van der Waals surface area (Å²) in [6.45, 7) is 0. The fourth-order valence-corrected chi connectivity index (χ4v) is 5.05. The molecule has 5 nitrogen and oxygen atoms in total. The van der Waals surface area contributed by atoms with Crippen LogP contribution < -0.4 is 5.32 Å². The van der Waals surface area contributed by atoms with Gasteiger partial charge in [-0.1, -0.05) is 91.0 Å². The summed E-state index contributed by atoms with van der Waals surface area (Å²) in [5.41, 5.74) is 6.69. The summed E-state index contributed by atoms with van der Waals surface area (Å²) < 4.78 is 2.29. The highest BCUT2D eigenvalue weighted by Crippen LogP contribution is 2.32. The van der Waals surface area contributed by atoms with E-state index in [1.54, 1.807) is 12.3 Å². The number of rotatable bonds is 6. The molecule has 0 aliphatic carbocycles. The van der Waals surface area contributed by atoms with Crippen molar-refractivity contribution in [1.29, 1.82) is 5.26 Å². The number of para-hydroxylation sites is 2. The Kier molecular flexibility index (Phi) is 7.00. The number of fused-ring (bicyclic) bond motifs is 3. The van der Waals surface area contributed by atoms with Gasteiger partial charge in [-0.25, -0.2) is 9.98 Å². The van der Waals surface area contributed by atoms with Crippen LogP contribution in [-0.2, 0) is 0 Å². The average molecular weight is 518 g/mol. The zero-order valence-electron chi connectivity index (χ0n) is 22.1. The highest BCUT2D eigenvalue weighted by molar-refractivity contribution is 6.10. The second-order valence-electron chi connectivity index (χ2n) is 9.47. The Bertz CT molecular complexity index is 1850. The monoisotopic (exact) mass is 517 g/mol. The maximum absolute atomic E-state index is 9.34. The number of hydrogen-bond donors (Lipinski definition) is 1. The van der Waals surface area contributed by atoms with E-state index in [1.165, 1.54) is 10.8 Å². The minimum atomic E-state index is -0.282. The summed E-state index contributed by atoms with van der Waals surface area (Å²) in [6, 6.07) is 45.0. The number of nitrogens with zero attached hydrogens (tertiary/aromatic N) is 4. The van der Waals surface area contributed by atoms with Crippen LogP contribution in [0.1, 0.15) is 28.4 Å². The standard InChI is InChI=1S/C35H27N5/c1-37-34(27-13-3-2-4-14-27)39-35(38-24-26-12-9-11-25(21-26)23-36)28-15-10-16-29(22-28)40-32-19-7-5-17-30(32)31-18-6-8-20-33(31)40/h2-22,24,34,37H,1H3/b38-24+,39-35-. The van der Waals surface area contributed by atoms with E-state index >= 15 is 0 Å². The molecule has 1 heterocycles. The molecule has 0 spiro atoms. The van der Waals surface area contributed by atoms with Crippen LogP contribution in [0.5, 0.6) is 0 Å². The highest BCUT2D eigenvalue weighted by Gasteiger charge is 2.14. The number of amidine groups is 1. The lowest BCUT2D eigenvalue weighted by Gasteiger charge is -2.14. The Morgan fingerprint density at radius 3 is 2.15 bits per heavy atom. The van der Waals surface area contributed by atoms with Crippen LogP contribution in [0.25, 0.3) is 27.5 Å². The third kappa shape index (κ3) is 4.92. The van der Waals surface area contributed by atoms with Gasteiger partial charge in [-0.2, -0.15) is 5.26 Å². The molecule has 0 bridgehead atoms. The molecule has 0 saturated carbocycles. The summed E-state index contributed by atoms with van der Waals surface area (Å²) in [4.78, 5) is 9.94. The predicted octanol–water partition coefficient (Wildman–Crippen LogP) is 7.44. The fraction of sp³-hybridized carbons (Fsp3) is 0.0571. The van der Waals surface area contributed by atoms with Crippen molar-refractivity contribution in [3.05, 3.63) is 150 Å². The first-order valence-electron chi connectivity index (χ1n) is 13.2. The first-order chi connectivity index (χ1) is 19.7. The van der Waals surface area contributed by atoms with E-state index in [1.807, 2.05) is 55.6 Å². The van der Waals surface area contributed by atoms with Crippen LogP contribution in [0.2, 0.25) is 0 Å². The van der Waals surface area contributed by atoms with Crippen molar-refractivity contribution in [2.75, 3.05) is 7.05 Å². The minimum absolute atomic E-state index is 0.282. The van der Waals surface area contributed by atoms with E-state index in [4.69, 9.17) is 9.98 Å². The molecular weight excluding hydrogens is 490 g/mol. The first kappa shape index (κ1) is 25.0. The zero-order chi connectivity index (χ0) is 27.3. The van der Waals surface area contributed by atoms with Crippen LogP contribution in [0.15, 0.2) is 137 Å². The van der Waals surface area contributed by atoms with Crippen molar-refractivity contribution < 1.29 is 0 Å². The maximum atomic E-state index is 9.34. The van der Waals surface area contributed by atoms with E-state index < -0.39 is 0 Å². The molecule has 6 aromatic rings. The van der Waals surface area contributed by atoms with Gasteiger partial charge in [-0.15, -0.1) is 0 Å². The van der Waals surface area contributed by atoms with E-state index in [9.17, 15) is 5.26 Å². The van der Waals surface area contributed by atoms with Gasteiger partial charge >= 0.3 is 0 Å². The van der Waals surface area contributed by atoms with E-state index in [0.717, 1.165) is 33.4 Å². The van der Waals surface area contributed by atoms with Crippen molar-refractivity contribution in [2.24, 2.45) is 9.98 Å². The molecule has 0 amide bonds. The predicted molar refractivity (Wildman–Crippen MR) is 164 cm³/mol. The third-order valence-electron chi connectivity index (χ3n) is 6.93. The second-order valence-corrected chi connectivity index (χ2v) is 9.47. The van der Waals surface area contributed by atoms with Crippen molar-refractivity contribution in [1.82, 2.24) is 9.88 Å². The van der Waals surface area contributed by atoms with Crippen molar-refractivity contribution in [3.8, 4) is 11.8 Å². The van der Waals surface area contributed by atoms with Gasteiger partial charge in [0.25, 0.3) is 0 Å². The van der Waals surface area contributed by atoms with Gasteiger partial charge < -0.3 is 4.57 Å². The van der Waals surface area contributed by atoms with Gasteiger partial charge in [-0.05, 0) is 54.6 Å². The molecule has 0 saturated heterocycles. The number of aliphatic imine (C=N–C) groups is 2. The molecule has 192 valence electrons. The molecule has 6 rings (SSSR count). The Morgan fingerprint density at radius 2 is 1.45 bits per heavy atom. The minimum Gasteiger partial charge on any atom is -0.309 e. The van der Waals surface area contributed by atoms with Crippen LogP contribution in [-0.4, -0.2) is 23.7 Å². The number of aromatic nitrogens is 1. The van der Waals surface area contributed by atoms with Gasteiger partial charge in [0, 0.05) is 28.2 Å². The van der Waals surface area contributed by atoms with Gasteiger partial charge in [0.05, 0.1) is 22.7 Å². The number of nitriles is 1. The molecule has 1 aromatic heterocycles. The number of hydrogen-bond acceptors (Lipinski definition) is 3. The lowest BCUT2D eigenvalue weighted by molar-refractivity contribution is 0.625. The number of benzene rings is 5. The molecule has 0 aliphatic rings. The Morgan fingerprint density at radius 1 is 0.775 bits per heavy atom. The maximum Gasteiger partial charge on any atom is 0.156 e. The fourth-order valence-electron chi connectivity index (χ4n) is 5.05. The van der Waals surface area contributed by atoms with Crippen LogP contribution >= 0.6 is 0 Å². The zero-order valence-corrected chi connectivity index (χ0v) is 22.1. The molecular formula is C35H27N5. The first-order valence-corrected chi connectivity index (χ1v) is 13.2. The van der Waals surface area contributed by atoms with E-state index in [0.29, 0.717) is 11.4 Å². The molecule has 1 unspecified atom stereocenters. The molecule has 0 radical (unpaired) electrons. The lowest BCUT2D eigenvalue weighted by Crippen LogP contribution is -2.16. The molecule has 5 heteroatoms. The Hall–Kier alpha value is -5.31. The van der Waals surface area contributed by atoms with Crippen molar-refractivity contribution in [2.45, 2.75) is 6.17 Å². The van der Waals surface area contributed by atoms with Crippen molar-refractivity contribution >= 4 is 33.9 Å². The summed E-state index contributed by atoms with van der Waals surface area (Å²) >= 11 is 0. The molecule has 0 aliphatic heterocycles. The van der Waals surface area contributed by atoms with Crippen LogP contribution in [0, 0.1) is 11.3 Å². The number of nitrogens with one attached hydrogen (secondary N) is 1. The third-order valence-corrected chi connectivity index (χ3v) is 6.93. The van der Waals surface area contributed by atoms with Crippen LogP contribution in [0.4, 0.5) is 0 Å². The Balaban J connectivity index is 1.50. The lowest BCUT2D eigenvalue weighted by atomic mass is 10.1. The quantitative estimate of drug-likeness (QED) is 0.184. The topological polar surface area (TPSA) is 65.5 Å². The summed E-state index contributed by atoms with van der Waals surface area (Å²) in [7, 11) is 1.90. The average Bonchev–Trinajstić information content (AvgIpc) is 3.36. The largest absolute Gasteiger partial charge is 0.309 e. The normalized spacial score (nSPS) is 12.7. The smallest absolute Gasteiger partial charge is 0.156 e. The molecule has 1 N–H and O–H groups in total. The summed E-state index contributed by atoms with van der Waals surface area (Å²) in [5, 5.41) is 15.1. The SMILES string of the molecule is CNC(/N=C(\N=C\c1cccc(C#N)c1)c1cccc(-n2c3ccccc3c3ccccc32)c1)c1ccccc1. The highest BCUT2D eigenvalue weighted by atomic mass is 15.1. The molecule has 0 fully saturated rings.